The van der Waals surface area contributed by atoms with Crippen LogP contribution in [0.1, 0.15) is 116 Å². The van der Waals surface area contributed by atoms with Crippen molar-refractivity contribution in [3.05, 3.63) is 0 Å². The zero-order valence-electron chi connectivity index (χ0n) is 20.9. The molecule has 0 aromatic carbocycles. The minimum atomic E-state index is -1.05. The summed E-state index contributed by atoms with van der Waals surface area (Å²) in [5.41, 5.74) is 0. The highest BCUT2D eigenvalue weighted by molar-refractivity contribution is 5.83. The lowest BCUT2D eigenvalue weighted by Crippen LogP contribution is -2.43. The number of carbonyl (C=O) groups is 4. The van der Waals surface area contributed by atoms with E-state index in [2.05, 4.69) is 5.32 Å². The van der Waals surface area contributed by atoms with Gasteiger partial charge in [-0.3, -0.25) is 19.2 Å². The Balaban J connectivity index is 1.87. The molecule has 1 rings (SSSR count). The summed E-state index contributed by atoms with van der Waals surface area (Å²) >= 11 is 0. The molecule has 0 unspecified atom stereocenters. The highest BCUT2D eigenvalue weighted by Crippen LogP contribution is 2.19. The van der Waals surface area contributed by atoms with E-state index in [0.29, 0.717) is 38.8 Å². The van der Waals surface area contributed by atoms with E-state index in [-0.39, 0.29) is 24.3 Å². The number of piperidine rings is 1. The van der Waals surface area contributed by atoms with Crippen molar-refractivity contribution in [1.82, 2.24) is 10.2 Å². The molecule has 0 bridgehead atoms. The topological polar surface area (TPSA) is 124 Å². The van der Waals surface area contributed by atoms with Crippen molar-refractivity contribution in [3.63, 3.8) is 0 Å². The van der Waals surface area contributed by atoms with E-state index in [1.165, 1.54) is 57.8 Å². The molecule has 0 atom stereocenters. The van der Waals surface area contributed by atoms with Crippen LogP contribution in [-0.2, 0) is 19.2 Å². The minimum absolute atomic E-state index is 0.172. The van der Waals surface area contributed by atoms with E-state index in [1.54, 1.807) is 0 Å². The molecule has 196 valence electrons. The molecular weight excluding hydrogens is 436 g/mol. The van der Waals surface area contributed by atoms with E-state index in [9.17, 15) is 19.2 Å². The molecule has 1 fully saturated rings. The van der Waals surface area contributed by atoms with E-state index < -0.39 is 11.9 Å². The standard InChI is InChI=1S/C26H46N2O6/c29-23(28-19-17-22(18-20-28)26(34)27-21-25(32)33)15-13-11-9-7-5-3-1-2-4-6-8-10-12-14-16-24(30)31/h22H,1-21H2,(H,27,34)(H,30,31)(H,32,33). The molecule has 3 N–H and O–H groups in total. The van der Waals surface area contributed by atoms with Gasteiger partial charge in [-0.2, -0.15) is 0 Å². The van der Waals surface area contributed by atoms with Crippen molar-refractivity contribution in [3.8, 4) is 0 Å². The van der Waals surface area contributed by atoms with Gasteiger partial charge in [0.25, 0.3) is 0 Å². The largest absolute Gasteiger partial charge is 0.481 e. The number of carbonyl (C=O) groups excluding carboxylic acids is 2. The van der Waals surface area contributed by atoms with Crippen molar-refractivity contribution in [2.75, 3.05) is 19.6 Å². The highest BCUT2D eigenvalue weighted by Gasteiger charge is 2.27. The van der Waals surface area contributed by atoms with Crippen LogP contribution in [0, 0.1) is 5.92 Å². The van der Waals surface area contributed by atoms with Crippen LogP contribution >= 0.6 is 0 Å². The van der Waals surface area contributed by atoms with Crippen LogP contribution in [0.5, 0.6) is 0 Å². The Morgan fingerprint density at radius 2 is 1.03 bits per heavy atom. The SMILES string of the molecule is O=C(O)CCCCCCCCCCCCCCCCC(=O)N1CCC(C(=O)NCC(=O)O)CC1. The van der Waals surface area contributed by atoms with Gasteiger partial charge in [0.15, 0.2) is 0 Å². The second-order valence-electron chi connectivity index (χ2n) is 9.61. The number of unbranched alkanes of at least 4 members (excludes halogenated alkanes) is 13. The number of likely N-dealkylation sites (tertiary alicyclic amines) is 1. The molecule has 2 amide bonds. The van der Waals surface area contributed by atoms with Crippen molar-refractivity contribution in [1.29, 1.82) is 0 Å². The fourth-order valence-electron chi connectivity index (χ4n) is 4.53. The van der Waals surface area contributed by atoms with Crippen LogP contribution in [0.3, 0.4) is 0 Å². The van der Waals surface area contributed by atoms with E-state index in [1.807, 2.05) is 4.90 Å². The smallest absolute Gasteiger partial charge is 0.322 e. The lowest BCUT2D eigenvalue weighted by atomic mass is 9.95. The van der Waals surface area contributed by atoms with Gasteiger partial charge in [0.1, 0.15) is 6.54 Å². The lowest BCUT2D eigenvalue weighted by molar-refractivity contribution is -0.139. The average Bonchev–Trinajstić information content (AvgIpc) is 2.82. The van der Waals surface area contributed by atoms with Crippen LogP contribution in [0.15, 0.2) is 0 Å². The van der Waals surface area contributed by atoms with Gasteiger partial charge in [-0.05, 0) is 25.7 Å². The maximum Gasteiger partial charge on any atom is 0.322 e. The first kappa shape index (κ1) is 29.9. The number of hydrogen-bond donors (Lipinski definition) is 3. The van der Waals surface area contributed by atoms with E-state index in [4.69, 9.17) is 10.2 Å². The van der Waals surface area contributed by atoms with Gasteiger partial charge in [0.2, 0.25) is 11.8 Å². The van der Waals surface area contributed by atoms with Gasteiger partial charge in [0, 0.05) is 31.8 Å². The predicted octanol–water partition coefficient (Wildman–Crippen LogP) is 4.75. The summed E-state index contributed by atoms with van der Waals surface area (Å²) in [6, 6.07) is 0. The zero-order valence-corrected chi connectivity index (χ0v) is 20.9. The summed E-state index contributed by atoms with van der Waals surface area (Å²) in [5.74, 6) is -1.98. The lowest BCUT2D eigenvalue weighted by Gasteiger charge is -2.31. The minimum Gasteiger partial charge on any atom is -0.481 e. The van der Waals surface area contributed by atoms with Gasteiger partial charge < -0.3 is 20.4 Å². The summed E-state index contributed by atoms with van der Waals surface area (Å²) in [4.78, 5) is 47.1. The van der Waals surface area contributed by atoms with Crippen LogP contribution in [0.4, 0.5) is 0 Å². The number of carboxylic acids is 2. The van der Waals surface area contributed by atoms with E-state index >= 15 is 0 Å². The molecule has 0 radical (unpaired) electrons. The summed E-state index contributed by atoms with van der Waals surface area (Å²) in [5, 5.41) is 19.7. The molecule has 8 nitrogen and oxygen atoms in total. The number of nitrogens with zero attached hydrogens (tertiary/aromatic N) is 1. The van der Waals surface area contributed by atoms with E-state index in [0.717, 1.165) is 32.1 Å². The highest BCUT2D eigenvalue weighted by atomic mass is 16.4. The number of aliphatic carboxylic acids is 2. The normalized spacial score (nSPS) is 14.2. The quantitative estimate of drug-likeness (QED) is 0.215. The third-order valence-corrected chi connectivity index (χ3v) is 6.66. The van der Waals surface area contributed by atoms with Gasteiger partial charge >= 0.3 is 11.9 Å². The fourth-order valence-corrected chi connectivity index (χ4v) is 4.53. The monoisotopic (exact) mass is 482 g/mol. The van der Waals surface area contributed by atoms with Crippen LogP contribution in [-0.4, -0.2) is 58.5 Å². The Hall–Kier alpha value is -2.12. The van der Waals surface area contributed by atoms with Crippen molar-refractivity contribution in [2.45, 2.75) is 116 Å². The number of nitrogens with one attached hydrogen (secondary N) is 1. The maximum atomic E-state index is 12.4. The Bertz CT molecular complexity index is 602. The third-order valence-electron chi connectivity index (χ3n) is 6.66. The zero-order chi connectivity index (χ0) is 25.0. The first-order valence-electron chi connectivity index (χ1n) is 13.4. The molecule has 1 heterocycles. The predicted molar refractivity (Wildman–Crippen MR) is 131 cm³/mol. The number of carboxylic acid groups (broad SMARTS) is 2. The Kier molecular flexibility index (Phi) is 16.9. The first-order chi connectivity index (χ1) is 16.4. The maximum absolute atomic E-state index is 12.4. The fraction of sp³-hybridized carbons (Fsp3) is 0.846. The van der Waals surface area contributed by atoms with Crippen LogP contribution in [0.2, 0.25) is 0 Å². The Morgan fingerprint density at radius 1 is 0.618 bits per heavy atom. The molecule has 0 aromatic rings. The molecule has 1 saturated heterocycles. The first-order valence-corrected chi connectivity index (χ1v) is 13.4. The van der Waals surface area contributed by atoms with Crippen molar-refractivity contribution >= 4 is 23.8 Å². The molecule has 0 saturated carbocycles. The molecule has 8 heteroatoms. The van der Waals surface area contributed by atoms with Gasteiger partial charge in [-0.25, -0.2) is 0 Å². The average molecular weight is 483 g/mol. The molecule has 34 heavy (non-hydrogen) atoms. The van der Waals surface area contributed by atoms with Crippen molar-refractivity contribution in [2.24, 2.45) is 5.92 Å². The number of amides is 2. The number of rotatable bonds is 20. The molecular formula is C26H46N2O6. The molecule has 1 aliphatic rings. The molecule has 1 aliphatic heterocycles. The van der Waals surface area contributed by atoms with Crippen molar-refractivity contribution < 1.29 is 29.4 Å². The van der Waals surface area contributed by atoms with Gasteiger partial charge in [-0.15, -0.1) is 0 Å². The Labute approximate surface area is 204 Å². The Morgan fingerprint density at radius 3 is 1.44 bits per heavy atom. The molecule has 0 aromatic heterocycles. The second kappa shape index (κ2) is 19.2. The third kappa shape index (κ3) is 15.7. The molecule has 0 spiro atoms. The second-order valence-corrected chi connectivity index (χ2v) is 9.61. The number of hydrogen-bond acceptors (Lipinski definition) is 4. The summed E-state index contributed by atoms with van der Waals surface area (Å²) < 4.78 is 0. The van der Waals surface area contributed by atoms with Crippen LogP contribution in [0.25, 0.3) is 0 Å². The summed E-state index contributed by atoms with van der Waals surface area (Å²) in [6.07, 6.45) is 18.4. The van der Waals surface area contributed by atoms with Crippen LogP contribution < -0.4 is 5.32 Å². The summed E-state index contributed by atoms with van der Waals surface area (Å²) in [6.45, 7) is 0.806. The molecule has 0 aliphatic carbocycles. The summed E-state index contributed by atoms with van der Waals surface area (Å²) in [7, 11) is 0. The van der Waals surface area contributed by atoms with Gasteiger partial charge in [-0.1, -0.05) is 77.0 Å². The van der Waals surface area contributed by atoms with Gasteiger partial charge in [0.05, 0.1) is 0 Å².